The second-order valence-electron chi connectivity index (χ2n) is 5.31. The minimum atomic E-state index is -0.301. The lowest BCUT2D eigenvalue weighted by atomic mass is 10.1. The van der Waals surface area contributed by atoms with Gasteiger partial charge in [-0.05, 0) is 38.2 Å². The zero-order valence-electron chi connectivity index (χ0n) is 11.6. The van der Waals surface area contributed by atoms with E-state index in [1.807, 2.05) is 0 Å². The Kier molecular flexibility index (Phi) is 4.66. The predicted octanol–water partition coefficient (Wildman–Crippen LogP) is 2.03. The van der Waals surface area contributed by atoms with Crippen LogP contribution in [0.25, 0.3) is 0 Å². The van der Waals surface area contributed by atoms with Gasteiger partial charge in [-0.15, -0.1) is 0 Å². The van der Waals surface area contributed by atoms with Crippen molar-refractivity contribution in [3.8, 4) is 0 Å². The summed E-state index contributed by atoms with van der Waals surface area (Å²) in [7, 11) is 2.13. The zero-order chi connectivity index (χ0) is 13.8. The molecule has 1 aromatic rings. The highest BCUT2D eigenvalue weighted by atomic mass is 19.1. The van der Waals surface area contributed by atoms with Crippen molar-refractivity contribution in [3.05, 3.63) is 35.6 Å². The van der Waals surface area contributed by atoms with Crippen LogP contribution >= 0.6 is 0 Å². The lowest BCUT2D eigenvalue weighted by Crippen LogP contribution is -2.50. The van der Waals surface area contributed by atoms with E-state index in [0.717, 1.165) is 26.2 Å². The number of carbonyl (C=O) groups is 1. The number of ketones is 1. The fraction of sp³-hybridized carbons (Fsp3) is 0.533. The summed E-state index contributed by atoms with van der Waals surface area (Å²) in [6.07, 6.45) is 0.502. The summed E-state index contributed by atoms with van der Waals surface area (Å²) in [6, 6.07) is 6.33. The zero-order valence-corrected chi connectivity index (χ0v) is 11.6. The number of benzene rings is 1. The Labute approximate surface area is 114 Å². The highest BCUT2D eigenvalue weighted by molar-refractivity contribution is 5.96. The maximum atomic E-state index is 12.8. The first-order chi connectivity index (χ1) is 9.06. The standard InChI is InChI=1S/C15H21FN2O/c1-12-11-18(10-9-17(12)2)8-7-15(19)13-3-5-14(16)6-4-13/h3-6,12H,7-11H2,1-2H3. The third-order valence-corrected chi connectivity index (χ3v) is 3.87. The van der Waals surface area contributed by atoms with Crippen LogP contribution in [0.2, 0.25) is 0 Å². The molecule has 0 aliphatic carbocycles. The van der Waals surface area contributed by atoms with E-state index in [4.69, 9.17) is 0 Å². The molecule has 0 spiro atoms. The Hall–Kier alpha value is -1.26. The number of Topliss-reactive ketones (excluding diaryl/α,β-unsaturated/α-hetero) is 1. The van der Waals surface area contributed by atoms with Crippen molar-refractivity contribution in [2.24, 2.45) is 0 Å². The number of nitrogens with zero attached hydrogens (tertiary/aromatic N) is 2. The molecular weight excluding hydrogens is 243 g/mol. The predicted molar refractivity (Wildman–Crippen MR) is 73.9 cm³/mol. The van der Waals surface area contributed by atoms with Crippen LogP contribution in [-0.2, 0) is 0 Å². The van der Waals surface area contributed by atoms with Crippen molar-refractivity contribution in [1.82, 2.24) is 9.80 Å². The SMILES string of the molecule is CC1CN(CCC(=O)c2ccc(F)cc2)CCN1C. The molecular formula is C15H21FN2O. The number of likely N-dealkylation sites (N-methyl/N-ethyl adjacent to an activating group) is 1. The molecule has 1 aliphatic rings. The van der Waals surface area contributed by atoms with Gasteiger partial charge in [0, 0.05) is 44.2 Å². The average molecular weight is 264 g/mol. The molecule has 1 aromatic carbocycles. The molecule has 1 unspecified atom stereocenters. The smallest absolute Gasteiger partial charge is 0.164 e. The Morgan fingerprint density at radius 1 is 1.32 bits per heavy atom. The summed E-state index contributed by atoms with van der Waals surface area (Å²) in [5, 5.41) is 0. The maximum absolute atomic E-state index is 12.8. The van der Waals surface area contributed by atoms with Crippen molar-refractivity contribution in [2.75, 3.05) is 33.2 Å². The first-order valence-electron chi connectivity index (χ1n) is 6.77. The molecule has 2 rings (SSSR count). The van der Waals surface area contributed by atoms with Gasteiger partial charge < -0.3 is 9.80 Å². The van der Waals surface area contributed by atoms with Gasteiger partial charge in [0.15, 0.2) is 5.78 Å². The molecule has 1 atom stereocenters. The topological polar surface area (TPSA) is 23.6 Å². The molecule has 1 heterocycles. The fourth-order valence-electron chi connectivity index (χ4n) is 2.37. The highest BCUT2D eigenvalue weighted by Gasteiger charge is 2.20. The van der Waals surface area contributed by atoms with Crippen LogP contribution in [0.5, 0.6) is 0 Å². The maximum Gasteiger partial charge on any atom is 0.164 e. The Morgan fingerprint density at radius 2 is 2.00 bits per heavy atom. The molecule has 0 N–H and O–H groups in total. The normalized spacial score (nSPS) is 21.5. The van der Waals surface area contributed by atoms with Crippen LogP contribution in [0.4, 0.5) is 4.39 Å². The monoisotopic (exact) mass is 264 g/mol. The second kappa shape index (κ2) is 6.26. The Balaban J connectivity index is 1.82. The van der Waals surface area contributed by atoms with E-state index in [1.54, 1.807) is 12.1 Å². The molecule has 4 heteroatoms. The Morgan fingerprint density at radius 3 is 2.63 bits per heavy atom. The van der Waals surface area contributed by atoms with Crippen molar-refractivity contribution < 1.29 is 9.18 Å². The summed E-state index contributed by atoms with van der Waals surface area (Å²) < 4.78 is 12.8. The van der Waals surface area contributed by atoms with Crippen molar-refractivity contribution in [3.63, 3.8) is 0 Å². The first kappa shape index (κ1) is 14.2. The van der Waals surface area contributed by atoms with Gasteiger partial charge in [0.25, 0.3) is 0 Å². The molecule has 0 bridgehead atoms. The number of hydrogen-bond donors (Lipinski definition) is 0. The second-order valence-corrected chi connectivity index (χ2v) is 5.31. The number of carbonyl (C=O) groups excluding carboxylic acids is 1. The lowest BCUT2D eigenvalue weighted by Gasteiger charge is -2.37. The van der Waals surface area contributed by atoms with Gasteiger partial charge in [0.1, 0.15) is 5.82 Å². The third kappa shape index (κ3) is 3.85. The van der Waals surface area contributed by atoms with Crippen LogP contribution in [0.1, 0.15) is 23.7 Å². The number of piperazine rings is 1. The van der Waals surface area contributed by atoms with Crippen LogP contribution in [0, 0.1) is 5.82 Å². The van der Waals surface area contributed by atoms with Crippen LogP contribution in [-0.4, -0.2) is 54.9 Å². The molecule has 1 aliphatic heterocycles. The molecule has 0 amide bonds. The minimum absolute atomic E-state index is 0.0894. The van der Waals surface area contributed by atoms with Crippen molar-refractivity contribution in [2.45, 2.75) is 19.4 Å². The highest BCUT2D eigenvalue weighted by Crippen LogP contribution is 2.10. The van der Waals surface area contributed by atoms with Gasteiger partial charge in [-0.3, -0.25) is 4.79 Å². The molecule has 1 saturated heterocycles. The van der Waals surface area contributed by atoms with Gasteiger partial charge in [-0.1, -0.05) is 0 Å². The quantitative estimate of drug-likeness (QED) is 0.778. The summed E-state index contributed by atoms with van der Waals surface area (Å²) in [4.78, 5) is 16.6. The minimum Gasteiger partial charge on any atom is -0.301 e. The summed E-state index contributed by atoms with van der Waals surface area (Å²) in [5.41, 5.74) is 0.601. The number of rotatable bonds is 4. The molecule has 3 nitrogen and oxygen atoms in total. The summed E-state index contributed by atoms with van der Waals surface area (Å²) in [5.74, 6) is -0.212. The molecule has 0 radical (unpaired) electrons. The lowest BCUT2D eigenvalue weighted by molar-refractivity contribution is 0.0873. The van der Waals surface area contributed by atoms with E-state index < -0.39 is 0 Å². The summed E-state index contributed by atoms with van der Waals surface area (Å²) in [6.45, 7) is 6.05. The van der Waals surface area contributed by atoms with E-state index in [-0.39, 0.29) is 11.6 Å². The Bertz CT molecular complexity index is 432. The summed E-state index contributed by atoms with van der Waals surface area (Å²) >= 11 is 0. The first-order valence-corrected chi connectivity index (χ1v) is 6.77. The van der Waals surface area contributed by atoms with E-state index in [1.165, 1.54) is 12.1 Å². The van der Waals surface area contributed by atoms with Crippen LogP contribution in [0.3, 0.4) is 0 Å². The van der Waals surface area contributed by atoms with E-state index in [2.05, 4.69) is 23.8 Å². The third-order valence-electron chi connectivity index (χ3n) is 3.87. The van der Waals surface area contributed by atoms with E-state index in [9.17, 15) is 9.18 Å². The number of halogens is 1. The molecule has 0 aromatic heterocycles. The van der Waals surface area contributed by atoms with Gasteiger partial charge in [-0.25, -0.2) is 4.39 Å². The van der Waals surface area contributed by atoms with Crippen LogP contribution in [0.15, 0.2) is 24.3 Å². The molecule has 0 saturated carbocycles. The van der Waals surface area contributed by atoms with Crippen molar-refractivity contribution >= 4 is 5.78 Å². The number of hydrogen-bond acceptors (Lipinski definition) is 3. The van der Waals surface area contributed by atoms with Gasteiger partial charge in [-0.2, -0.15) is 0 Å². The van der Waals surface area contributed by atoms with E-state index in [0.29, 0.717) is 18.0 Å². The van der Waals surface area contributed by atoms with Gasteiger partial charge >= 0.3 is 0 Å². The van der Waals surface area contributed by atoms with Gasteiger partial charge in [0.05, 0.1) is 0 Å². The van der Waals surface area contributed by atoms with Crippen LogP contribution < -0.4 is 0 Å². The molecule has 104 valence electrons. The average Bonchev–Trinajstić information content (AvgIpc) is 2.40. The molecule has 19 heavy (non-hydrogen) atoms. The van der Waals surface area contributed by atoms with Crippen molar-refractivity contribution in [1.29, 1.82) is 0 Å². The largest absolute Gasteiger partial charge is 0.301 e. The molecule has 1 fully saturated rings. The van der Waals surface area contributed by atoms with Gasteiger partial charge in [0.2, 0.25) is 0 Å². The van der Waals surface area contributed by atoms with E-state index >= 15 is 0 Å². The fourth-order valence-corrected chi connectivity index (χ4v) is 2.37.